The van der Waals surface area contributed by atoms with Gasteiger partial charge in [-0.3, -0.25) is 0 Å². The largest absolute Gasteiger partial charge is 0.491 e. The van der Waals surface area contributed by atoms with Gasteiger partial charge < -0.3 is 9.84 Å². The molecule has 4 heteroatoms. The first-order chi connectivity index (χ1) is 8.78. The minimum Gasteiger partial charge on any atom is -0.491 e. The summed E-state index contributed by atoms with van der Waals surface area (Å²) in [4.78, 5) is 2.28. The van der Waals surface area contributed by atoms with Crippen LogP contribution in [0.4, 0.5) is 0 Å². The Hall–Kier alpha value is -1.16. The van der Waals surface area contributed by atoms with Crippen LogP contribution in [0.5, 0.6) is 5.75 Å². The van der Waals surface area contributed by atoms with Gasteiger partial charge >= 0.3 is 0 Å². The van der Waals surface area contributed by atoms with E-state index in [1.807, 2.05) is 48.5 Å². The fourth-order valence-corrected chi connectivity index (χ4v) is 2.35. The molecule has 18 heavy (non-hydrogen) atoms. The molecule has 0 aromatic heterocycles. The number of halogens is 1. The predicted octanol–water partition coefficient (Wildman–Crippen LogP) is 3.86. The third-order valence-corrected chi connectivity index (χ3v) is 3.50. The Kier molecular flexibility index (Phi) is 4.93. The van der Waals surface area contributed by atoms with E-state index in [0.717, 1.165) is 20.6 Å². The van der Waals surface area contributed by atoms with E-state index in [1.54, 1.807) is 11.8 Å². The van der Waals surface area contributed by atoms with Gasteiger partial charge in [-0.1, -0.05) is 23.4 Å². The van der Waals surface area contributed by atoms with Crippen molar-refractivity contribution in [3.05, 3.63) is 53.6 Å². The summed E-state index contributed by atoms with van der Waals surface area (Å²) in [5.74, 6) is 0.768. The third-order valence-electron chi connectivity index (χ3n) is 2.23. The number of aliphatic hydroxyl groups is 1. The second-order valence-corrected chi connectivity index (χ2v) is 5.18. The van der Waals surface area contributed by atoms with Crippen LogP contribution in [0.3, 0.4) is 0 Å². The van der Waals surface area contributed by atoms with E-state index in [0.29, 0.717) is 6.61 Å². The first kappa shape index (κ1) is 13.3. The normalized spacial score (nSPS) is 10.3. The lowest BCUT2D eigenvalue weighted by Crippen LogP contribution is -2.01. The summed E-state index contributed by atoms with van der Waals surface area (Å²) in [6.07, 6.45) is 0. The quantitative estimate of drug-likeness (QED) is 0.902. The fraction of sp³-hybridized carbons (Fsp3) is 0.143. The molecule has 94 valence electrons. The van der Waals surface area contributed by atoms with Crippen molar-refractivity contribution in [3.63, 3.8) is 0 Å². The predicted molar refractivity (Wildman–Crippen MR) is 74.6 cm³/mol. The lowest BCUT2D eigenvalue weighted by molar-refractivity contribution is 0.201. The highest BCUT2D eigenvalue weighted by atomic mass is 35.5. The summed E-state index contributed by atoms with van der Waals surface area (Å²) < 4.78 is 5.30. The van der Waals surface area contributed by atoms with Crippen LogP contribution < -0.4 is 4.74 Å². The molecule has 2 aromatic carbocycles. The number of ether oxygens (including phenoxy) is 1. The third kappa shape index (κ3) is 3.95. The van der Waals surface area contributed by atoms with Gasteiger partial charge in [0.15, 0.2) is 0 Å². The second kappa shape index (κ2) is 6.69. The summed E-state index contributed by atoms with van der Waals surface area (Å²) in [5.41, 5.74) is 0. The minimum atomic E-state index is 0.0290. The van der Waals surface area contributed by atoms with E-state index in [1.165, 1.54) is 0 Å². The van der Waals surface area contributed by atoms with Crippen molar-refractivity contribution in [3.8, 4) is 5.75 Å². The van der Waals surface area contributed by atoms with Crippen LogP contribution in [0.15, 0.2) is 58.3 Å². The van der Waals surface area contributed by atoms with E-state index in [2.05, 4.69) is 0 Å². The SMILES string of the molecule is OCCOc1ccc(Sc2ccc(Cl)cc2)cc1. The van der Waals surface area contributed by atoms with E-state index in [9.17, 15) is 0 Å². The molecule has 0 fully saturated rings. The highest BCUT2D eigenvalue weighted by Crippen LogP contribution is 2.29. The Balaban J connectivity index is 1.99. The lowest BCUT2D eigenvalue weighted by atomic mass is 10.3. The zero-order chi connectivity index (χ0) is 12.8. The summed E-state index contributed by atoms with van der Waals surface area (Å²) in [7, 11) is 0. The number of hydrogen-bond donors (Lipinski definition) is 1. The molecule has 0 amide bonds. The van der Waals surface area contributed by atoms with Gasteiger partial charge in [0.05, 0.1) is 6.61 Å². The maximum Gasteiger partial charge on any atom is 0.119 e. The molecule has 2 nitrogen and oxygen atoms in total. The molecule has 0 radical (unpaired) electrons. The van der Waals surface area contributed by atoms with E-state index in [-0.39, 0.29) is 6.61 Å². The number of rotatable bonds is 5. The Morgan fingerprint density at radius 3 is 2.06 bits per heavy atom. The molecule has 0 aliphatic heterocycles. The molecule has 2 rings (SSSR count). The van der Waals surface area contributed by atoms with Crippen LogP contribution >= 0.6 is 23.4 Å². The van der Waals surface area contributed by atoms with Crippen molar-refractivity contribution in [2.24, 2.45) is 0 Å². The fourth-order valence-electron chi connectivity index (χ4n) is 1.41. The molecule has 0 aliphatic carbocycles. The zero-order valence-electron chi connectivity index (χ0n) is 9.67. The molecule has 0 aliphatic rings. The molecule has 0 bridgehead atoms. The molecule has 0 heterocycles. The van der Waals surface area contributed by atoms with Gasteiger partial charge in [0.2, 0.25) is 0 Å². The standard InChI is InChI=1S/C14H13ClO2S/c15-11-1-5-13(6-2-11)18-14-7-3-12(4-8-14)17-10-9-16/h1-8,16H,9-10H2. The molecule has 0 atom stereocenters. The van der Waals surface area contributed by atoms with Gasteiger partial charge in [-0.25, -0.2) is 0 Å². The molecule has 1 N–H and O–H groups in total. The summed E-state index contributed by atoms with van der Waals surface area (Å²) in [5, 5.41) is 9.40. The van der Waals surface area contributed by atoms with Gasteiger partial charge in [-0.2, -0.15) is 0 Å². The minimum absolute atomic E-state index is 0.0290. The molecule has 0 spiro atoms. The number of hydrogen-bond acceptors (Lipinski definition) is 3. The molecule has 0 unspecified atom stereocenters. The van der Waals surface area contributed by atoms with E-state index >= 15 is 0 Å². The van der Waals surface area contributed by atoms with Crippen molar-refractivity contribution in [1.82, 2.24) is 0 Å². The highest BCUT2D eigenvalue weighted by Gasteiger charge is 1.99. The highest BCUT2D eigenvalue weighted by molar-refractivity contribution is 7.99. The van der Waals surface area contributed by atoms with Crippen molar-refractivity contribution in [2.45, 2.75) is 9.79 Å². The van der Waals surface area contributed by atoms with Crippen LogP contribution in [0.25, 0.3) is 0 Å². The monoisotopic (exact) mass is 280 g/mol. The second-order valence-electron chi connectivity index (χ2n) is 3.60. The van der Waals surface area contributed by atoms with Gasteiger partial charge in [0, 0.05) is 14.8 Å². The Bertz CT molecular complexity index is 482. The molecular weight excluding hydrogens is 268 g/mol. The first-order valence-corrected chi connectivity index (χ1v) is 6.74. The van der Waals surface area contributed by atoms with E-state index < -0.39 is 0 Å². The maximum atomic E-state index is 8.66. The number of aliphatic hydroxyl groups excluding tert-OH is 1. The maximum absolute atomic E-state index is 8.66. The van der Waals surface area contributed by atoms with E-state index in [4.69, 9.17) is 21.4 Å². The van der Waals surface area contributed by atoms with Gasteiger partial charge in [-0.05, 0) is 48.5 Å². The smallest absolute Gasteiger partial charge is 0.119 e. The summed E-state index contributed by atoms with van der Waals surface area (Å²) in [6.45, 7) is 0.352. The Labute approximate surface area is 116 Å². The number of benzene rings is 2. The van der Waals surface area contributed by atoms with Crippen LogP contribution in [0.1, 0.15) is 0 Å². The van der Waals surface area contributed by atoms with Crippen LogP contribution in [0, 0.1) is 0 Å². The molecule has 0 saturated heterocycles. The lowest BCUT2D eigenvalue weighted by Gasteiger charge is -2.05. The van der Waals surface area contributed by atoms with Crippen LogP contribution in [0.2, 0.25) is 5.02 Å². The first-order valence-electron chi connectivity index (χ1n) is 5.55. The Morgan fingerprint density at radius 2 is 1.50 bits per heavy atom. The molecular formula is C14H13ClO2S. The van der Waals surface area contributed by atoms with Gasteiger partial charge in [0.1, 0.15) is 12.4 Å². The van der Waals surface area contributed by atoms with Gasteiger partial charge in [0.25, 0.3) is 0 Å². The van der Waals surface area contributed by atoms with Gasteiger partial charge in [-0.15, -0.1) is 0 Å². The zero-order valence-corrected chi connectivity index (χ0v) is 11.2. The average molecular weight is 281 g/mol. The van der Waals surface area contributed by atoms with Crippen LogP contribution in [-0.2, 0) is 0 Å². The van der Waals surface area contributed by atoms with Crippen molar-refractivity contribution >= 4 is 23.4 Å². The topological polar surface area (TPSA) is 29.5 Å². The molecule has 0 saturated carbocycles. The van der Waals surface area contributed by atoms with Crippen molar-refractivity contribution in [1.29, 1.82) is 0 Å². The van der Waals surface area contributed by atoms with Crippen molar-refractivity contribution in [2.75, 3.05) is 13.2 Å². The van der Waals surface area contributed by atoms with Crippen LogP contribution in [-0.4, -0.2) is 18.3 Å². The summed E-state index contributed by atoms with van der Waals surface area (Å²) in [6, 6.07) is 15.5. The average Bonchev–Trinajstić information content (AvgIpc) is 2.41. The van der Waals surface area contributed by atoms with Crippen molar-refractivity contribution < 1.29 is 9.84 Å². The molecule has 2 aromatic rings. The Morgan fingerprint density at radius 1 is 0.944 bits per heavy atom. The summed E-state index contributed by atoms with van der Waals surface area (Å²) >= 11 is 7.50.